The molecule has 15 heavy (non-hydrogen) atoms. The third-order valence-electron chi connectivity index (χ3n) is 1.93. The molecule has 1 aromatic heterocycles. The van der Waals surface area contributed by atoms with Crippen molar-refractivity contribution in [1.29, 1.82) is 0 Å². The van der Waals surface area contributed by atoms with Crippen LogP contribution in [0.15, 0.2) is 40.2 Å². The van der Waals surface area contributed by atoms with E-state index in [4.69, 9.17) is 0 Å². The Bertz CT molecular complexity index is 490. The predicted octanol–water partition coefficient (Wildman–Crippen LogP) is 3.88. The first kappa shape index (κ1) is 10.5. The van der Waals surface area contributed by atoms with Crippen molar-refractivity contribution in [3.63, 3.8) is 0 Å². The molecule has 0 atom stereocenters. The van der Waals surface area contributed by atoms with Crippen molar-refractivity contribution < 1.29 is 9.18 Å². The fourth-order valence-corrected chi connectivity index (χ4v) is 2.18. The Kier molecular flexibility index (Phi) is 2.98. The van der Waals surface area contributed by atoms with E-state index in [-0.39, 0.29) is 10.7 Å². The largest absolute Gasteiger partial charge is 0.288 e. The van der Waals surface area contributed by atoms with Gasteiger partial charge in [-0.15, -0.1) is 11.3 Å². The first-order valence-electron chi connectivity index (χ1n) is 4.22. The highest BCUT2D eigenvalue weighted by molar-refractivity contribution is 9.10. The van der Waals surface area contributed by atoms with Gasteiger partial charge in [0, 0.05) is 10.0 Å². The molecule has 2 aromatic rings. The van der Waals surface area contributed by atoms with Crippen LogP contribution < -0.4 is 0 Å². The van der Waals surface area contributed by atoms with Crippen LogP contribution in [0.4, 0.5) is 4.39 Å². The third-order valence-corrected chi connectivity index (χ3v) is 3.35. The molecule has 0 spiro atoms. The Labute approximate surface area is 98.7 Å². The zero-order chi connectivity index (χ0) is 10.8. The molecule has 0 amide bonds. The third kappa shape index (κ3) is 2.16. The number of rotatable bonds is 2. The van der Waals surface area contributed by atoms with Crippen LogP contribution >= 0.6 is 27.3 Å². The summed E-state index contributed by atoms with van der Waals surface area (Å²) in [6.07, 6.45) is 0. The van der Waals surface area contributed by atoms with Crippen molar-refractivity contribution in [3.8, 4) is 0 Å². The molecule has 2 rings (SSSR count). The van der Waals surface area contributed by atoms with E-state index < -0.39 is 5.82 Å². The normalized spacial score (nSPS) is 10.3. The molecule has 0 aliphatic heterocycles. The van der Waals surface area contributed by atoms with Gasteiger partial charge in [0.1, 0.15) is 10.7 Å². The smallest absolute Gasteiger partial charge is 0.205 e. The lowest BCUT2D eigenvalue weighted by molar-refractivity contribution is 0.103. The molecule has 76 valence electrons. The minimum Gasteiger partial charge on any atom is -0.288 e. The van der Waals surface area contributed by atoms with Gasteiger partial charge in [-0.2, -0.15) is 0 Å². The monoisotopic (exact) mass is 284 g/mol. The van der Waals surface area contributed by atoms with Gasteiger partial charge in [0.05, 0.1) is 0 Å². The van der Waals surface area contributed by atoms with Crippen LogP contribution in [0.3, 0.4) is 0 Å². The quantitative estimate of drug-likeness (QED) is 0.765. The van der Waals surface area contributed by atoms with Crippen molar-refractivity contribution >= 4 is 33.0 Å². The Morgan fingerprint density at radius 1 is 1.20 bits per heavy atom. The number of halogens is 2. The van der Waals surface area contributed by atoms with Crippen LogP contribution in [0.1, 0.15) is 15.2 Å². The van der Waals surface area contributed by atoms with Crippen LogP contribution in [-0.2, 0) is 0 Å². The van der Waals surface area contributed by atoms with E-state index in [1.165, 1.54) is 6.07 Å². The molecular weight excluding hydrogens is 279 g/mol. The minimum absolute atomic E-state index is 0.164. The molecule has 4 heteroatoms. The number of hydrogen-bond acceptors (Lipinski definition) is 2. The minimum atomic E-state index is -0.451. The molecule has 0 radical (unpaired) electrons. The number of thiophene rings is 1. The van der Waals surface area contributed by atoms with Crippen LogP contribution in [0.25, 0.3) is 0 Å². The van der Waals surface area contributed by atoms with Gasteiger partial charge in [0.15, 0.2) is 0 Å². The Balaban J connectivity index is 2.37. The zero-order valence-electron chi connectivity index (χ0n) is 7.54. The fourth-order valence-electron chi connectivity index (χ4n) is 1.19. The molecular formula is C11H6BrFOS. The van der Waals surface area contributed by atoms with Gasteiger partial charge in [0.2, 0.25) is 5.78 Å². The van der Waals surface area contributed by atoms with Crippen LogP contribution in [0, 0.1) is 5.82 Å². The van der Waals surface area contributed by atoms with Gasteiger partial charge >= 0.3 is 0 Å². The van der Waals surface area contributed by atoms with Crippen molar-refractivity contribution in [1.82, 2.24) is 0 Å². The highest BCUT2D eigenvalue weighted by Crippen LogP contribution is 2.20. The zero-order valence-corrected chi connectivity index (χ0v) is 9.94. The molecule has 0 fully saturated rings. The number of hydrogen-bond donors (Lipinski definition) is 0. The fraction of sp³-hybridized carbons (Fsp3) is 0. The van der Waals surface area contributed by atoms with Crippen LogP contribution in [-0.4, -0.2) is 5.78 Å². The topological polar surface area (TPSA) is 17.1 Å². The van der Waals surface area contributed by atoms with Gasteiger partial charge in [-0.1, -0.05) is 15.9 Å². The maximum Gasteiger partial charge on any atom is 0.205 e. The number of carbonyl (C=O) groups excluding carboxylic acids is 1. The predicted molar refractivity (Wildman–Crippen MR) is 61.9 cm³/mol. The number of benzene rings is 1. The van der Waals surface area contributed by atoms with Gasteiger partial charge in [-0.05, 0) is 35.7 Å². The average molecular weight is 285 g/mol. The molecule has 0 N–H and O–H groups in total. The van der Waals surface area contributed by atoms with E-state index in [0.717, 1.165) is 15.8 Å². The molecule has 1 heterocycles. The SMILES string of the molecule is O=C(c1ccc(Br)cc1)c1sccc1F. The Morgan fingerprint density at radius 2 is 1.87 bits per heavy atom. The maximum atomic E-state index is 13.1. The molecule has 0 unspecified atom stereocenters. The molecule has 1 aromatic carbocycles. The summed E-state index contributed by atoms with van der Waals surface area (Å²) in [5.41, 5.74) is 0.500. The second-order valence-corrected chi connectivity index (χ2v) is 4.77. The summed E-state index contributed by atoms with van der Waals surface area (Å²) in [6.45, 7) is 0. The highest BCUT2D eigenvalue weighted by atomic mass is 79.9. The van der Waals surface area contributed by atoms with Gasteiger partial charge in [-0.3, -0.25) is 4.79 Å². The summed E-state index contributed by atoms with van der Waals surface area (Å²) in [5, 5.41) is 1.57. The van der Waals surface area contributed by atoms with E-state index >= 15 is 0 Å². The van der Waals surface area contributed by atoms with Crippen molar-refractivity contribution in [2.45, 2.75) is 0 Å². The van der Waals surface area contributed by atoms with Crippen molar-refractivity contribution in [2.75, 3.05) is 0 Å². The lowest BCUT2D eigenvalue weighted by atomic mass is 10.1. The summed E-state index contributed by atoms with van der Waals surface area (Å²) in [7, 11) is 0. The van der Waals surface area contributed by atoms with Gasteiger partial charge in [-0.25, -0.2) is 4.39 Å². The summed E-state index contributed by atoms with van der Waals surface area (Å²) >= 11 is 4.40. The van der Waals surface area contributed by atoms with Crippen LogP contribution in [0.2, 0.25) is 0 Å². The Morgan fingerprint density at radius 3 is 2.40 bits per heavy atom. The lowest BCUT2D eigenvalue weighted by Gasteiger charge is -1.98. The van der Waals surface area contributed by atoms with E-state index in [0.29, 0.717) is 5.56 Å². The summed E-state index contributed by atoms with van der Waals surface area (Å²) in [6, 6.07) is 8.17. The lowest BCUT2D eigenvalue weighted by Crippen LogP contribution is -2.00. The molecule has 0 bridgehead atoms. The Hall–Kier alpha value is -1.00. The van der Waals surface area contributed by atoms with Crippen LogP contribution in [0.5, 0.6) is 0 Å². The maximum absolute atomic E-state index is 13.1. The van der Waals surface area contributed by atoms with E-state index in [9.17, 15) is 9.18 Å². The molecule has 0 aliphatic carbocycles. The first-order valence-corrected chi connectivity index (χ1v) is 5.89. The summed E-state index contributed by atoms with van der Waals surface area (Å²) in [4.78, 5) is 12.0. The number of carbonyl (C=O) groups is 1. The second-order valence-electron chi connectivity index (χ2n) is 2.93. The van der Waals surface area contributed by atoms with E-state index in [1.807, 2.05) is 0 Å². The standard InChI is InChI=1S/C11H6BrFOS/c12-8-3-1-7(2-4-8)10(14)11-9(13)5-6-15-11/h1-6H. The average Bonchev–Trinajstić information content (AvgIpc) is 2.65. The van der Waals surface area contributed by atoms with E-state index in [2.05, 4.69) is 15.9 Å². The first-order chi connectivity index (χ1) is 7.18. The van der Waals surface area contributed by atoms with Gasteiger partial charge in [0.25, 0.3) is 0 Å². The second kappa shape index (κ2) is 4.24. The summed E-state index contributed by atoms with van der Waals surface area (Å²) in [5.74, 6) is -0.720. The molecule has 0 saturated carbocycles. The van der Waals surface area contributed by atoms with Gasteiger partial charge < -0.3 is 0 Å². The molecule has 0 aliphatic rings. The molecule has 0 saturated heterocycles. The highest BCUT2D eigenvalue weighted by Gasteiger charge is 2.14. The van der Waals surface area contributed by atoms with Crippen molar-refractivity contribution in [2.24, 2.45) is 0 Å². The van der Waals surface area contributed by atoms with Crippen molar-refractivity contribution in [3.05, 3.63) is 56.4 Å². The van der Waals surface area contributed by atoms with E-state index in [1.54, 1.807) is 29.6 Å². The summed E-state index contributed by atoms with van der Waals surface area (Å²) < 4.78 is 14.0. The molecule has 1 nitrogen and oxygen atoms in total. The number of ketones is 1.